The molecule has 1 aliphatic heterocycles. The summed E-state index contributed by atoms with van der Waals surface area (Å²) in [6.45, 7) is 4.55. The molecule has 38 heavy (non-hydrogen) atoms. The largest absolute Gasteiger partial charge is 0.493 e. The van der Waals surface area contributed by atoms with Crippen LogP contribution in [0.4, 0.5) is 4.79 Å². The third kappa shape index (κ3) is 6.70. The number of carbonyl (C=O) groups is 3. The molecule has 1 fully saturated rings. The van der Waals surface area contributed by atoms with Gasteiger partial charge in [0.1, 0.15) is 12.6 Å². The van der Waals surface area contributed by atoms with Crippen molar-refractivity contribution in [3.05, 3.63) is 65.9 Å². The van der Waals surface area contributed by atoms with Gasteiger partial charge in [0.15, 0.2) is 17.1 Å². The molecule has 0 bridgehead atoms. The van der Waals surface area contributed by atoms with Gasteiger partial charge in [0.25, 0.3) is 5.91 Å². The fourth-order valence-electron chi connectivity index (χ4n) is 4.18. The number of hydrogen-bond acceptors (Lipinski definition) is 7. The number of ether oxygens (including phenoxy) is 2. The van der Waals surface area contributed by atoms with Crippen LogP contribution in [0.5, 0.6) is 5.75 Å². The summed E-state index contributed by atoms with van der Waals surface area (Å²) in [5, 5.41) is 12.0. The molecule has 2 N–H and O–H groups in total. The van der Waals surface area contributed by atoms with Crippen LogP contribution in [0, 0.1) is 5.92 Å². The minimum absolute atomic E-state index is 0.0843. The number of nitrogens with one attached hydrogen (secondary N) is 2. The van der Waals surface area contributed by atoms with E-state index < -0.39 is 24.1 Å². The number of cyclic esters (lactones) is 1. The standard InChI is InChI=1S/C28H32N4O6/c1-18(2)14-22(31-27(34)24-16-20-10-7-11-23(36-3)25(20)38-24)26(33)30-21(15-19-8-5-4-6-9-19)17-29-32-12-13-37-28(32)35/h4-11,16-18,21-22H,12-15H2,1-3H3,(H,30,33)(H,31,34)/b29-17+/t21-,22-/m0/s1. The highest BCUT2D eigenvalue weighted by molar-refractivity contribution is 5.99. The van der Waals surface area contributed by atoms with Gasteiger partial charge in [-0.15, -0.1) is 0 Å². The fraction of sp³-hybridized carbons (Fsp3) is 0.357. The number of para-hydroxylation sites is 1. The molecule has 0 saturated carbocycles. The highest BCUT2D eigenvalue weighted by Crippen LogP contribution is 2.28. The molecule has 10 heteroatoms. The van der Waals surface area contributed by atoms with Gasteiger partial charge < -0.3 is 24.5 Å². The van der Waals surface area contributed by atoms with Gasteiger partial charge in [0.05, 0.1) is 19.7 Å². The van der Waals surface area contributed by atoms with E-state index >= 15 is 0 Å². The zero-order chi connectivity index (χ0) is 27.1. The zero-order valence-corrected chi connectivity index (χ0v) is 21.7. The first-order valence-electron chi connectivity index (χ1n) is 12.5. The number of methoxy groups -OCH3 is 1. The summed E-state index contributed by atoms with van der Waals surface area (Å²) in [5.74, 6) is -0.138. The monoisotopic (exact) mass is 520 g/mol. The molecule has 1 aliphatic rings. The Hall–Kier alpha value is -4.34. The molecule has 1 aromatic heterocycles. The lowest BCUT2D eigenvalue weighted by atomic mass is 10.0. The van der Waals surface area contributed by atoms with Crippen molar-refractivity contribution in [3.63, 3.8) is 0 Å². The Labute approximate surface area is 221 Å². The summed E-state index contributed by atoms with van der Waals surface area (Å²) < 4.78 is 16.0. The van der Waals surface area contributed by atoms with E-state index in [0.717, 1.165) is 10.9 Å². The van der Waals surface area contributed by atoms with E-state index in [9.17, 15) is 14.4 Å². The smallest absolute Gasteiger partial charge is 0.430 e. The normalized spacial score (nSPS) is 15.1. The molecule has 0 spiro atoms. The molecular weight excluding hydrogens is 488 g/mol. The van der Waals surface area contributed by atoms with Gasteiger partial charge in [-0.05, 0) is 36.5 Å². The molecule has 3 aromatic rings. The summed E-state index contributed by atoms with van der Waals surface area (Å²) in [6.07, 6.45) is 1.86. The Balaban J connectivity index is 1.51. The average molecular weight is 521 g/mol. The fourth-order valence-corrected chi connectivity index (χ4v) is 4.18. The Bertz CT molecular complexity index is 1300. The van der Waals surface area contributed by atoms with Crippen LogP contribution in [0.1, 0.15) is 36.4 Å². The molecule has 4 rings (SSSR count). The van der Waals surface area contributed by atoms with Crippen molar-refractivity contribution < 1.29 is 28.3 Å². The molecule has 200 valence electrons. The topological polar surface area (TPSA) is 122 Å². The molecule has 3 amide bonds. The van der Waals surface area contributed by atoms with Crippen LogP contribution in [0.25, 0.3) is 11.0 Å². The molecule has 1 saturated heterocycles. The van der Waals surface area contributed by atoms with Crippen LogP contribution < -0.4 is 15.4 Å². The molecule has 0 aliphatic carbocycles. The van der Waals surface area contributed by atoms with E-state index in [1.807, 2.05) is 56.3 Å². The predicted molar refractivity (Wildman–Crippen MR) is 142 cm³/mol. The maximum atomic E-state index is 13.4. The number of benzene rings is 2. The highest BCUT2D eigenvalue weighted by Gasteiger charge is 2.27. The lowest BCUT2D eigenvalue weighted by molar-refractivity contribution is -0.123. The third-order valence-corrected chi connectivity index (χ3v) is 6.03. The molecule has 2 aromatic carbocycles. The second-order valence-electron chi connectivity index (χ2n) is 9.45. The first kappa shape index (κ1) is 26.7. The van der Waals surface area contributed by atoms with E-state index in [1.54, 1.807) is 12.1 Å². The highest BCUT2D eigenvalue weighted by atomic mass is 16.6. The third-order valence-electron chi connectivity index (χ3n) is 6.03. The van der Waals surface area contributed by atoms with Crippen molar-refractivity contribution in [3.8, 4) is 5.75 Å². The van der Waals surface area contributed by atoms with Crippen LogP contribution in [-0.2, 0) is 16.0 Å². The Morgan fingerprint density at radius 1 is 1.13 bits per heavy atom. The van der Waals surface area contributed by atoms with Crippen LogP contribution in [-0.4, -0.2) is 61.5 Å². The van der Waals surface area contributed by atoms with Crippen LogP contribution in [0.3, 0.4) is 0 Å². The van der Waals surface area contributed by atoms with Crippen molar-refractivity contribution in [2.75, 3.05) is 20.3 Å². The number of rotatable bonds is 11. The number of hydrazone groups is 1. The van der Waals surface area contributed by atoms with Crippen LogP contribution in [0.2, 0.25) is 0 Å². The maximum absolute atomic E-state index is 13.4. The number of furan rings is 1. The van der Waals surface area contributed by atoms with Crippen LogP contribution >= 0.6 is 0 Å². The van der Waals surface area contributed by atoms with Crippen molar-refractivity contribution >= 4 is 35.1 Å². The number of amides is 3. The molecule has 0 radical (unpaired) electrons. The van der Waals surface area contributed by atoms with E-state index in [0.29, 0.717) is 30.7 Å². The molecule has 0 unspecified atom stereocenters. The Kier molecular flexibility index (Phi) is 8.62. The van der Waals surface area contributed by atoms with Gasteiger partial charge in [-0.2, -0.15) is 10.1 Å². The van der Waals surface area contributed by atoms with Crippen molar-refractivity contribution in [2.45, 2.75) is 38.8 Å². The predicted octanol–water partition coefficient (Wildman–Crippen LogP) is 3.75. The molecule has 10 nitrogen and oxygen atoms in total. The van der Waals surface area contributed by atoms with Gasteiger partial charge in [-0.1, -0.05) is 56.3 Å². The van der Waals surface area contributed by atoms with Crippen molar-refractivity contribution in [1.29, 1.82) is 0 Å². The Morgan fingerprint density at radius 3 is 2.61 bits per heavy atom. The SMILES string of the molecule is COc1cccc2cc(C(=O)N[C@@H](CC(C)C)C(=O)N[C@H](/C=N/N3CCOC3=O)Cc3ccccc3)oc12. The Morgan fingerprint density at radius 2 is 1.92 bits per heavy atom. The molecule has 2 heterocycles. The van der Waals surface area contributed by atoms with Gasteiger partial charge in [-0.25, -0.2) is 4.79 Å². The van der Waals surface area contributed by atoms with E-state index in [2.05, 4.69) is 15.7 Å². The van der Waals surface area contributed by atoms with E-state index in [-0.39, 0.29) is 24.2 Å². The minimum Gasteiger partial charge on any atom is -0.493 e. The summed E-state index contributed by atoms with van der Waals surface area (Å²) in [7, 11) is 1.53. The second-order valence-corrected chi connectivity index (χ2v) is 9.45. The summed E-state index contributed by atoms with van der Waals surface area (Å²) in [4.78, 5) is 38.3. The summed E-state index contributed by atoms with van der Waals surface area (Å²) in [6, 6.07) is 15.3. The van der Waals surface area contributed by atoms with Crippen molar-refractivity contribution in [2.24, 2.45) is 11.0 Å². The number of nitrogens with zero attached hydrogens (tertiary/aromatic N) is 2. The maximum Gasteiger partial charge on any atom is 0.430 e. The number of hydrogen-bond donors (Lipinski definition) is 2. The number of carbonyl (C=O) groups excluding carboxylic acids is 3. The van der Waals surface area contributed by atoms with Crippen molar-refractivity contribution in [1.82, 2.24) is 15.6 Å². The lowest BCUT2D eigenvalue weighted by Crippen LogP contribution is -2.51. The first-order valence-corrected chi connectivity index (χ1v) is 12.5. The van der Waals surface area contributed by atoms with Gasteiger partial charge in [-0.3, -0.25) is 9.59 Å². The molecular formula is C28H32N4O6. The second kappa shape index (κ2) is 12.3. The zero-order valence-electron chi connectivity index (χ0n) is 21.7. The summed E-state index contributed by atoms with van der Waals surface area (Å²) >= 11 is 0. The van der Waals surface area contributed by atoms with Crippen LogP contribution in [0.15, 0.2) is 64.1 Å². The summed E-state index contributed by atoms with van der Waals surface area (Å²) in [5.41, 5.74) is 1.44. The quantitative estimate of drug-likeness (QED) is 0.371. The lowest BCUT2D eigenvalue weighted by Gasteiger charge is -2.23. The molecule has 2 atom stereocenters. The first-order chi connectivity index (χ1) is 18.3. The van der Waals surface area contributed by atoms with Gasteiger partial charge >= 0.3 is 6.09 Å². The van der Waals surface area contributed by atoms with Gasteiger partial charge in [0, 0.05) is 11.6 Å². The van der Waals surface area contributed by atoms with E-state index in [1.165, 1.54) is 18.3 Å². The number of fused-ring (bicyclic) bond motifs is 1. The van der Waals surface area contributed by atoms with E-state index in [4.69, 9.17) is 13.9 Å². The minimum atomic E-state index is -0.818. The van der Waals surface area contributed by atoms with Gasteiger partial charge in [0.2, 0.25) is 5.91 Å². The average Bonchev–Trinajstić information content (AvgIpc) is 3.53.